The van der Waals surface area contributed by atoms with Crippen molar-refractivity contribution in [3.63, 3.8) is 0 Å². The van der Waals surface area contributed by atoms with Crippen LogP contribution in [0.2, 0.25) is 0 Å². The van der Waals surface area contributed by atoms with Gasteiger partial charge in [0, 0.05) is 11.8 Å². The Morgan fingerprint density at radius 2 is 1.95 bits per heavy atom. The second-order valence-electron chi connectivity index (χ2n) is 4.36. The second kappa shape index (κ2) is 4.78. The normalized spacial score (nSPS) is 10.7. The van der Waals surface area contributed by atoms with Crippen LogP contribution < -0.4 is 0 Å². The number of fused-ring (bicyclic) bond motifs is 1. The molecule has 0 aliphatic heterocycles. The predicted molar refractivity (Wildman–Crippen MR) is 73.1 cm³/mol. The highest BCUT2D eigenvalue weighted by atomic mass is 16.5. The molecule has 0 aliphatic carbocycles. The molecule has 0 saturated heterocycles. The molecule has 21 heavy (non-hydrogen) atoms. The molecule has 106 valence electrons. The molecule has 1 aromatic carbocycles. The molecule has 3 rings (SSSR count). The number of rotatable bonds is 2. The third-order valence-electron chi connectivity index (χ3n) is 3.06. The van der Waals surface area contributed by atoms with Crippen molar-refractivity contribution in [1.29, 1.82) is 0 Å². The van der Waals surface area contributed by atoms with Crippen LogP contribution in [-0.2, 0) is 4.74 Å². The fraction of sp³-hybridized carbons (Fsp3) is 0.0714. The number of aromatic hydroxyl groups is 2. The molecule has 7 nitrogen and oxygen atoms in total. The topological polar surface area (TPSA) is 97.0 Å². The monoisotopic (exact) mass is 285 g/mol. The van der Waals surface area contributed by atoms with E-state index in [-0.39, 0.29) is 11.5 Å². The number of phenols is 2. The van der Waals surface area contributed by atoms with Gasteiger partial charge < -0.3 is 14.9 Å². The standard InChI is InChI=1S/C14H11N3O4/c1-21-14(20)9-3-5-12-15-16-13(17(12)7-9)8-2-4-10(18)11(19)6-8/h2-7,18-19H,1H3. The minimum atomic E-state index is -0.467. The number of phenolic OH excluding ortho intramolecular Hbond substituents is 2. The van der Waals surface area contributed by atoms with Crippen LogP contribution in [0.4, 0.5) is 0 Å². The fourth-order valence-electron chi connectivity index (χ4n) is 1.99. The first kappa shape index (κ1) is 12.9. The Kier molecular flexibility index (Phi) is 2.94. The average molecular weight is 285 g/mol. The first-order chi connectivity index (χ1) is 10.1. The molecule has 7 heteroatoms. The van der Waals surface area contributed by atoms with Crippen molar-refractivity contribution in [1.82, 2.24) is 14.6 Å². The molecular weight excluding hydrogens is 274 g/mol. The van der Waals surface area contributed by atoms with E-state index in [0.717, 1.165) is 0 Å². The molecule has 0 radical (unpaired) electrons. The van der Waals surface area contributed by atoms with Crippen LogP contribution in [0.15, 0.2) is 36.5 Å². The van der Waals surface area contributed by atoms with E-state index in [2.05, 4.69) is 14.9 Å². The van der Waals surface area contributed by atoms with Gasteiger partial charge in [0.15, 0.2) is 23.0 Å². The van der Waals surface area contributed by atoms with E-state index in [0.29, 0.717) is 22.6 Å². The van der Waals surface area contributed by atoms with Crippen molar-refractivity contribution < 1.29 is 19.7 Å². The van der Waals surface area contributed by atoms with Crippen molar-refractivity contribution in [2.24, 2.45) is 0 Å². The highest BCUT2D eigenvalue weighted by Crippen LogP contribution is 2.29. The van der Waals surface area contributed by atoms with Gasteiger partial charge in [-0.3, -0.25) is 4.40 Å². The van der Waals surface area contributed by atoms with Crippen LogP contribution in [0.25, 0.3) is 17.0 Å². The van der Waals surface area contributed by atoms with E-state index >= 15 is 0 Å². The van der Waals surface area contributed by atoms with Gasteiger partial charge in [-0.25, -0.2) is 4.79 Å². The lowest BCUT2D eigenvalue weighted by Crippen LogP contribution is -2.03. The molecule has 3 aromatic rings. The first-order valence-electron chi connectivity index (χ1n) is 6.05. The summed E-state index contributed by atoms with van der Waals surface area (Å²) in [7, 11) is 1.30. The fourth-order valence-corrected chi connectivity index (χ4v) is 1.99. The number of nitrogens with zero attached hydrogens (tertiary/aromatic N) is 3. The molecule has 2 heterocycles. The van der Waals surface area contributed by atoms with Gasteiger partial charge in [-0.05, 0) is 30.3 Å². The summed E-state index contributed by atoms with van der Waals surface area (Å²) < 4.78 is 6.29. The number of benzene rings is 1. The van der Waals surface area contributed by atoms with Gasteiger partial charge in [0.25, 0.3) is 0 Å². The Bertz CT molecular complexity index is 841. The summed E-state index contributed by atoms with van der Waals surface area (Å²) in [5.74, 6) is -0.507. The zero-order valence-corrected chi connectivity index (χ0v) is 11.0. The predicted octanol–water partition coefficient (Wildman–Crippen LogP) is 1.59. The number of carbonyl (C=O) groups excluding carboxylic acids is 1. The molecule has 0 aliphatic rings. The Morgan fingerprint density at radius 1 is 1.14 bits per heavy atom. The smallest absolute Gasteiger partial charge is 0.339 e. The number of esters is 1. The third-order valence-corrected chi connectivity index (χ3v) is 3.06. The van der Waals surface area contributed by atoms with Crippen LogP contribution in [-0.4, -0.2) is 37.9 Å². The average Bonchev–Trinajstić information content (AvgIpc) is 2.92. The lowest BCUT2D eigenvalue weighted by atomic mass is 10.2. The van der Waals surface area contributed by atoms with Gasteiger partial charge in [0.1, 0.15) is 0 Å². The zero-order valence-electron chi connectivity index (χ0n) is 11.0. The minimum Gasteiger partial charge on any atom is -0.504 e. The van der Waals surface area contributed by atoms with E-state index in [9.17, 15) is 15.0 Å². The van der Waals surface area contributed by atoms with E-state index < -0.39 is 5.97 Å². The summed E-state index contributed by atoms with van der Waals surface area (Å²) in [6.07, 6.45) is 1.56. The van der Waals surface area contributed by atoms with Gasteiger partial charge in [0.05, 0.1) is 12.7 Å². The summed E-state index contributed by atoms with van der Waals surface area (Å²) in [6, 6.07) is 7.56. The van der Waals surface area contributed by atoms with Gasteiger partial charge in [0.2, 0.25) is 0 Å². The maximum atomic E-state index is 11.6. The first-order valence-corrected chi connectivity index (χ1v) is 6.05. The maximum Gasteiger partial charge on any atom is 0.339 e. The van der Waals surface area contributed by atoms with E-state index in [1.165, 1.54) is 19.2 Å². The summed E-state index contributed by atoms with van der Waals surface area (Å²) in [5.41, 5.74) is 1.46. The van der Waals surface area contributed by atoms with Gasteiger partial charge in [-0.2, -0.15) is 0 Å². The van der Waals surface area contributed by atoms with Crippen molar-refractivity contribution >= 4 is 11.6 Å². The summed E-state index contributed by atoms with van der Waals surface area (Å²) in [5, 5.41) is 26.9. The number of pyridine rings is 1. The molecule has 0 amide bonds. The highest BCUT2D eigenvalue weighted by molar-refractivity contribution is 5.89. The van der Waals surface area contributed by atoms with Crippen LogP contribution in [0, 0.1) is 0 Å². The number of hydrogen-bond donors (Lipinski definition) is 2. The lowest BCUT2D eigenvalue weighted by molar-refractivity contribution is 0.0600. The number of carbonyl (C=O) groups is 1. The van der Waals surface area contributed by atoms with Gasteiger partial charge >= 0.3 is 5.97 Å². The van der Waals surface area contributed by atoms with E-state index in [1.807, 2.05) is 0 Å². The Morgan fingerprint density at radius 3 is 2.67 bits per heavy atom. The number of aromatic nitrogens is 3. The van der Waals surface area contributed by atoms with Gasteiger partial charge in [-0.1, -0.05) is 0 Å². The molecule has 0 fully saturated rings. The molecular formula is C14H11N3O4. The van der Waals surface area contributed by atoms with Crippen LogP contribution in [0.3, 0.4) is 0 Å². The van der Waals surface area contributed by atoms with Crippen LogP contribution >= 0.6 is 0 Å². The van der Waals surface area contributed by atoms with Crippen LogP contribution in [0.1, 0.15) is 10.4 Å². The number of methoxy groups -OCH3 is 1. The van der Waals surface area contributed by atoms with E-state index in [1.54, 1.807) is 28.8 Å². The van der Waals surface area contributed by atoms with Crippen LogP contribution in [0.5, 0.6) is 11.5 Å². The Labute approximate surface area is 119 Å². The number of ether oxygens (including phenoxy) is 1. The highest BCUT2D eigenvalue weighted by Gasteiger charge is 2.13. The Balaban J connectivity index is 2.18. The second-order valence-corrected chi connectivity index (χ2v) is 4.36. The molecule has 2 N–H and O–H groups in total. The summed E-state index contributed by atoms with van der Waals surface area (Å²) >= 11 is 0. The molecule has 0 atom stereocenters. The molecule has 2 aromatic heterocycles. The number of hydrogen-bond acceptors (Lipinski definition) is 6. The Hall–Kier alpha value is -3.09. The molecule has 0 spiro atoms. The summed E-state index contributed by atoms with van der Waals surface area (Å²) in [4.78, 5) is 11.6. The van der Waals surface area contributed by atoms with Crippen molar-refractivity contribution in [2.45, 2.75) is 0 Å². The third kappa shape index (κ3) is 2.14. The van der Waals surface area contributed by atoms with Crippen molar-refractivity contribution in [3.8, 4) is 22.9 Å². The van der Waals surface area contributed by atoms with Crippen molar-refractivity contribution in [3.05, 3.63) is 42.1 Å². The molecule has 0 bridgehead atoms. The maximum absolute atomic E-state index is 11.6. The lowest BCUT2D eigenvalue weighted by Gasteiger charge is -2.04. The van der Waals surface area contributed by atoms with Crippen molar-refractivity contribution in [2.75, 3.05) is 7.11 Å². The quantitative estimate of drug-likeness (QED) is 0.548. The summed E-state index contributed by atoms with van der Waals surface area (Å²) in [6.45, 7) is 0. The largest absolute Gasteiger partial charge is 0.504 e. The minimum absolute atomic E-state index is 0.220. The SMILES string of the molecule is COC(=O)c1ccc2nnc(-c3ccc(O)c(O)c3)n2c1. The zero-order chi connectivity index (χ0) is 15.0. The molecule has 0 saturated carbocycles. The van der Waals surface area contributed by atoms with Gasteiger partial charge in [-0.15, -0.1) is 10.2 Å². The van der Waals surface area contributed by atoms with E-state index in [4.69, 9.17) is 0 Å². The molecule has 0 unspecified atom stereocenters.